The van der Waals surface area contributed by atoms with E-state index in [0.717, 1.165) is 36.1 Å². The third-order valence-electron chi connectivity index (χ3n) is 4.93. The van der Waals surface area contributed by atoms with Crippen LogP contribution in [0.1, 0.15) is 49.4 Å². The normalized spacial score (nSPS) is 17.8. The third-order valence-corrected chi connectivity index (χ3v) is 4.93. The van der Waals surface area contributed by atoms with Crippen LogP contribution in [0, 0.1) is 20.8 Å². The Morgan fingerprint density at radius 2 is 1.88 bits per heavy atom. The molecule has 1 unspecified atom stereocenters. The van der Waals surface area contributed by atoms with Gasteiger partial charge in [0.25, 0.3) is 0 Å². The van der Waals surface area contributed by atoms with Crippen LogP contribution in [0.25, 0.3) is 0 Å². The van der Waals surface area contributed by atoms with Crippen molar-refractivity contribution in [3.05, 3.63) is 41.1 Å². The minimum absolute atomic E-state index is 0.564. The van der Waals surface area contributed by atoms with Crippen molar-refractivity contribution in [1.82, 2.24) is 9.97 Å². The highest BCUT2D eigenvalue weighted by Crippen LogP contribution is 2.27. The van der Waals surface area contributed by atoms with Gasteiger partial charge in [-0.3, -0.25) is 0 Å². The Hall–Kier alpha value is -2.10. The first-order valence-corrected chi connectivity index (χ1v) is 9.04. The molecular weight excluding hydrogens is 296 g/mol. The first kappa shape index (κ1) is 16.7. The van der Waals surface area contributed by atoms with Gasteiger partial charge in [0, 0.05) is 30.0 Å². The Morgan fingerprint density at radius 3 is 2.58 bits per heavy atom. The van der Waals surface area contributed by atoms with Gasteiger partial charge in [-0.1, -0.05) is 25.1 Å². The van der Waals surface area contributed by atoms with Crippen molar-refractivity contribution in [3.8, 4) is 0 Å². The molecule has 4 nitrogen and oxygen atoms in total. The Kier molecular flexibility index (Phi) is 5.03. The number of hydrogen-bond donors (Lipinski definition) is 1. The highest BCUT2D eigenvalue weighted by Gasteiger charge is 2.23. The van der Waals surface area contributed by atoms with Crippen molar-refractivity contribution in [2.75, 3.05) is 16.8 Å². The second kappa shape index (κ2) is 7.20. The number of aromatic nitrogens is 2. The Bertz CT molecular complexity index is 691. The summed E-state index contributed by atoms with van der Waals surface area (Å²) in [5.41, 5.74) is 4.62. The summed E-state index contributed by atoms with van der Waals surface area (Å²) < 4.78 is 0. The van der Waals surface area contributed by atoms with Gasteiger partial charge in [0.15, 0.2) is 0 Å². The van der Waals surface area contributed by atoms with E-state index >= 15 is 0 Å². The molecule has 0 bridgehead atoms. The fourth-order valence-electron chi connectivity index (χ4n) is 3.57. The van der Waals surface area contributed by atoms with Crippen LogP contribution >= 0.6 is 0 Å². The van der Waals surface area contributed by atoms with Gasteiger partial charge in [0.2, 0.25) is 5.95 Å². The molecule has 2 heterocycles. The standard InChI is InChI=1S/C20H28N4/c1-5-17-11-6-7-12-24(17)20-21-16(4)13-18(23-20)22-19-14(2)9-8-10-15(19)3/h8-10,13,17H,5-7,11-12H2,1-4H3,(H,21,22,23). The number of para-hydroxylation sites is 1. The second-order valence-electron chi connectivity index (χ2n) is 6.84. The largest absolute Gasteiger partial charge is 0.340 e. The van der Waals surface area contributed by atoms with Crippen LogP contribution in [0.3, 0.4) is 0 Å². The van der Waals surface area contributed by atoms with E-state index in [-0.39, 0.29) is 0 Å². The SMILES string of the molecule is CCC1CCCCN1c1nc(C)cc(Nc2c(C)cccc2C)n1. The maximum Gasteiger partial charge on any atom is 0.227 e. The van der Waals surface area contributed by atoms with E-state index in [1.54, 1.807) is 0 Å². The predicted octanol–water partition coefficient (Wildman–Crippen LogP) is 4.91. The summed E-state index contributed by atoms with van der Waals surface area (Å²) in [6.07, 6.45) is 4.94. The molecule has 2 aromatic rings. The Balaban J connectivity index is 1.91. The molecule has 4 heteroatoms. The zero-order valence-corrected chi connectivity index (χ0v) is 15.3. The van der Waals surface area contributed by atoms with Crippen molar-refractivity contribution in [3.63, 3.8) is 0 Å². The molecule has 1 N–H and O–H groups in total. The molecule has 24 heavy (non-hydrogen) atoms. The molecule has 0 amide bonds. The van der Waals surface area contributed by atoms with Gasteiger partial charge in [-0.25, -0.2) is 4.98 Å². The van der Waals surface area contributed by atoms with E-state index in [1.807, 2.05) is 13.0 Å². The van der Waals surface area contributed by atoms with Crippen molar-refractivity contribution in [2.45, 2.75) is 59.4 Å². The van der Waals surface area contributed by atoms with Crippen molar-refractivity contribution in [1.29, 1.82) is 0 Å². The summed E-state index contributed by atoms with van der Waals surface area (Å²) in [5.74, 6) is 1.76. The van der Waals surface area contributed by atoms with Crippen molar-refractivity contribution in [2.24, 2.45) is 0 Å². The maximum atomic E-state index is 4.84. The van der Waals surface area contributed by atoms with Crippen LogP contribution in [0.4, 0.5) is 17.5 Å². The summed E-state index contributed by atoms with van der Waals surface area (Å²) in [6, 6.07) is 8.93. The van der Waals surface area contributed by atoms with Crippen LogP contribution in [0.5, 0.6) is 0 Å². The summed E-state index contributed by atoms with van der Waals surface area (Å²) in [7, 11) is 0. The lowest BCUT2D eigenvalue weighted by Gasteiger charge is -2.35. The van der Waals surface area contributed by atoms with Gasteiger partial charge in [-0.05, 0) is 57.6 Å². The molecule has 0 saturated carbocycles. The van der Waals surface area contributed by atoms with Gasteiger partial charge >= 0.3 is 0 Å². The van der Waals surface area contributed by atoms with E-state index in [1.165, 1.54) is 30.4 Å². The summed E-state index contributed by atoms with van der Waals surface area (Å²) in [5, 5.41) is 3.52. The zero-order chi connectivity index (χ0) is 17.1. The number of piperidine rings is 1. The van der Waals surface area contributed by atoms with Crippen LogP contribution in [-0.2, 0) is 0 Å². The van der Waals surface area contributed by atoms with E-state index in [9.17, 15) is 0 Å². The highest BCUT2D eigenvalue weighted by molar-refractivity contribution is 5.65. The maximum absolute atomic E-state index is 4.84. The number of hydrogen-bond acceptors (Lipinski definition) is 4. The van der Waals surface area contributed by atoms with Gasteiger partial charge < -0.3 is 10.2 Å². The minimum atomic E-state index is 0.564. The van der Waals surface area contributed by atoms with E-state index in [2.05, 4.69) is 49.2 Å². The first-order chi connectivity index (χ1) is 11.6. The molecule has 1 aliphatic rings. The lowest BCUT2D eigenvalue weighted by Crippen LogP contribution is -2.40. The smallest absolute Gasteiger partial charge is 0.227 e. The van der Waals surface area contributed by atoms with Crippen molar-refractivity contribution < 1.29 is 0 Å². The minimum Gasteiger partial charge on any atom is -0.340 e. The summed E-state index contributed by atoms with van der Waals surface area (Å²) in [4.78, 5) is 11.9. The summed E-state index contributed by atoms with van der Waals surface area (Å²) >= 11 is 0. The van der Waals surface area contributed by atoms with Crippen LogP contribution in [-0.4, -0.2) is 22.6 Å². The third kappa shape index (κ3) is 3.53. The van der Waals surface area contributed by atoms with Crippen LogP contribution in [0.2, 0.25) is 0 Å². The first-order valence-electron chi connectivity index (χ1n) is 9.04. The highest BCUT2D eigenvalue weighted by atomic mass is 15.3. The predicted molar refractivity (Wildman–Crippen MR) is 101 cm³/mol. The topological polar surface area (TPSA) is 41.1 Å². The average Bonchev–Trinajstić information content (AvgIpc) is 2.58. The molecule has 0 spiro atoms. The average molecular weight is 324 g/mol. The van der Waals surface area contributed by atoms with Gasteiger partial charge in [-0.15, -0.1) is 0 Å². The fourth-order valence-corrected chi connectivity index (χ4v) is 3.57. The molecule has 0 radical (unpaired) electrons. The molecule has 1 saturated heterocycles. The second-order valence-corrected chi connectivity index (χ2v) is 6.84. The molecule has 1 fully saturated rings. The molecule has 1 atom stereocenters. The van der Waals surface area contributed by atoms with Gasteiger partial charge in [0.05, 0.1) is 0 Å². The quantitative estimate of drug-likeness (QED) is 0.867. The summed E-state index contributed by atoms with van der Waals surface area (Å²) in [6.45, 7) is 9.62. The molecule has 128 valence electrons. The lowest BCUT2D eigenvalue weighted by atomic mass is 10.0. The number of benzene rings is 1. The molecule has 0 aliphatic carbocycles. The Labute approximate surface area is 145 Å². The van der Waals surface area contributed by atoms with Gasteiger partial charge in [0.1, 0.15) is 5.82 Å². The molecular formula is C20H28N4. The van der Waals surface area contributed by atoms with E-state index in [4.69, 9.17) is 9.97 Å². The zero-order valence-electron chi connectivity index (χ0n) is 15.3. The van der Waals surface area contributed by atoms with Crippen LogP contribution < -0.4 is 10.2 Å². The van der Waals surface area contributed by atoms with Crippen LogP contribution in [0.15, 0.2) is 24.3 Å². The molecule has 1 aromatic heterocycles. The lowest BCUT2D eigenvalue weighted by molar-refractivity contribution is 0.443. The number of anilines is 3. The number of nitrogens with one attached hydrogen (secondary N) is 1. The number of aryl methyl sites for hydroxylation is 3. The molecule has 1 aliphatic heterocycles. The van der Waals surface area contributed by atoms with E-state index < -0.39 is 0 Å². The number of nitrogens with zero attached hydrogens (tertiary/aromatic N) is 3. The van der Waals surface area contributed by atoms with Gasteiger partial charge in [-0.2, -0.15) is 4.98 Å². The Morgan fingerprint density at radius 1 is 1.12 bits per heavy atom. The number of rotatable bonds is 4. The molecule has 1 aromatic carbocycles. The monoisotopic (exact) mass is 324 g/mol. The van der Waals surface area contributed by atoms with Crippen molar-refractivity contribution >= 4 is 17.5 Å². The van der Waals surface area contributed by atoms with E-state index in [0.29, 0.717) is 6.04 Å². The molecule has 3 rings (SSSR count). The fraction of sp³-hybridized carbons (Fsp3) is 0.500.